The molecule has 3 N–H and O–H groups in total. The van der Waals surface area contributed by atoms with Crippen LogP contribution in [0.15, 0.2) is 76.6 Å². The molecule has 0 aliphatic heterocycles. The van der Waals surface area contributed by atoms with Crippen LogP contribution in [0.2, 0.25) is 0 Å². The largest absolute Gasteiger partial charge is 0.367 e. The first-order valence-corrected chi connectivity index (χ1v) is 9.32. The van der Waals surface area contributed by atoms with Gasteiger partial charge in [-0.2, -0.15) is 0 Å². The van der Waals surface area contributed by atoms with Crippen molar-refractivity contribution in [3.05, 3.63) is 88.8 Å². The summed E-state index contributed by atoms with van der Waals surface area (Å²) in [5.74, 6) is -0.325. The van der Waals surface area contributed by atoms with Gasteiger partial charge in [-0.15, -0.1) is 11.3 Å². The van der Waals surface area contributed by atoms with Crippen molar-refractivity contribution in [1.82, 2.24) is 5.16 Å². The molecule has 0 fully saturated rings. The summed E-state index contributed by atoms with van der Waals surface area (Å²) in [4.78, 5) is 13.8. The van der Waals surface area contributed by atoms with Gasteiger partial charge in [0, 0.05) is 5.69 Å². The van der Waals surface area contributed by atoms with E-state index in [0.29, 0.717) is 12.1 Å². The summed E-state index contributed by atoms with van der Waals surface area (Å²) in [5.41, 5.74) is 9.52. The van der Waals surface area contributed by atoms with Gasteiger partial charge in [0.1, 0.15) is 11.3 Å². The van der Waals surface area contributed by atoms with Crippen LogP contribution in [0, 0.1) is 0 Å². The number of nitrogen functional groups attached to an aromatic ring is 1. The van der Waals surface area contributed by atoms with Crippen LogP contribution < -0.4 is 11.1 Å². The lowest BCUT2D eigenvalue weighted by molar-refractivity contribution is 0.102. The number of hydrogen-bond acceptors (Lipinski definition) is 5. The van der Waals surface area contributed by atoms with Crippen LogP contribution in [0.5, 0.6) is 0 Å². The predicted octanol–water partition coefficient (Wildman–Crippen LogP) is 4.83. The number of para-hydroxylation sites is 1. The monoisotopic (exact) mass is 375 g/mol. The smallest absolute Gasteiger partial charge is 0.263 e. The number of nitrogens with two attached hydrogens (primary N) is 1. The first-order chi connectivity index (χ1) is 13.2. The van der Waals surface area contributed by atoms with Gasteiger partial charge in [0.15, 0.2) is 0 Å². The number of carbonyl (C=O) groups is 1. The Balaban J connectivity index is 1.62. The maximum absolute atomic E-state index is 12.9. The molecule has 2 aromatic carbocycles. The molecule has 4 rings (SSSR count). The number of rotatable bonds is 5. The lowest BCUT2D eigenvalue weighted by Gasteiger charge is -2.11. The van der Waals surface area contributed by atoms with E-state index in [1.807, 2.05) is 60.0 Å². The van der Waals surface area contributed by atoms with Gasteiger partial charge in [0.2, 0.25) is 5.88 Å². The van der Waals surface area contributed by atoms with Crippen LogP contribution in [0.4, 0.5) is 11.6 Å². The lowest BCUT2D eigenvalue weighted by Crippen LogP contribution is -2.15. The Morgan fingerprint density at radius 2 is 1.81 bits per heavy atom. The molecule has 2 heterocycles. The van der Waals surface area contributed by atoms with Gasteiger partial charge >= 0.3 is 0 Å². The number of anilines is 2. The first kappa shape index (κ1) is 17.1. The molecule has 134 valence electrons. The van der Waals surface area contributed by atoms with Crippen LogP contribution in [0.3, 0.4) is 0 Å². The highest BCUT2D eigenvalue weighted by molar-refractivity contribution is 7.13. The Hall–Kier alpha value is -3.38. The van der Waals surface area contributed by atoms with E-state index in [1.165, 1.54) is 16.9 Å². The van der Waals surface area contributed by atoms with Gasteiger partial charge in [-0.3, -0.25) is 4.79 Å². The Labute approximate surface area is 160 Å². The second-order valence-electron chi connectivity index (χ2n) is 6.02. The molecule has 0 aliphatic rings. The quantitative estimate of drug-likeness (QED) is 0.523. The first-order valence-electron chi connectivity index (χ1n) is 8.44. The molecular weight excluding hydrogens is 358 g/mol. The molecule has 6 heteroatoms. The van der Waals surface area contributed by atoms with E-state index in [0.717, 1.165) is 16.1 Å². The van der Waals surface area contributed by atoms with Crippen molar-refractivity contribution in [2.24, 2.45) is 0 Å². The Morgan fingerprint density at radius 1 is 1.04 bits per heavy atom. The van der Waals surface area contributed by atoms with Gasteiger partial charge in [-0.1, -0.05) is 59.8 Å². The molecular formula is C21H17N3O2S. The molecule has 0 spiro atoms. The van der Waals surface area contributed by atoms with Gasteiger partial charge in [-0.25, -0.2) is 0 Å². The molecule has 4 aromatic rings. The second kappa shape index (κ2) is 7.47. The number of amides is 1. The third-order valence-electron chi connectivity index (χ3n) is 4.20. The molecule has 0 saturated heterocycles. The fraction of sp³-hybridized carbons (Fsp3) is 0.0476. The number of benzene rings is 2. The van der Waals surface area contributed by atoms with Crippen molar-refractivity contribution >= 4 is 28.8 Å². The summed E-state index contributed by atoms with van der Waals surface area (Å²) in [6, 6.07) is 21.6. The maximum atomic E-state index is 12.9. The molecule has 5 nitrogen and oxygen atoms in total. The number of nitrogens with one attached hydrogen (secondary N) is 1. The van der Waals surface area contributed by atoms with Crippen molar-refractivity contribution in [1.29, 1.82) is 0 Å². The number of thiophene rings is 1. The standard InChI is InChI=1S/C21H17N3O2S/c22-20-18(19(24-26-20)17-11-6-12-27-17)21(25)23-16-10-5-4-9-15(16)13-14-7-2-1-3-8-14/h1-12H,13,22H2,(H,23,25). The SMILES string of the molecule is Nc1onc(-c2cccs2)c1C(=O)Nc1ccccc1Cc1ccccc1. The van der Waals surface area contributed by atoms with Crippen molar-refractivity contribution < 1.29 is 9.32 Å². The maximum Gasteiger partial charge on any atom is 0.263 e. The molecule has 27 heavy (non-hydrogen) atoms. The topological polar surface area (TPSA) is 81.2 Å². The zero-order valence-electron chi connectivity index (χ0n) is 14.4. The summed E-state index contributed by atoms with van der Waals surface area (Å²) in [5, 5.41) is 8.84. The predicted molar refractivity (Wildman–Crippen MR) is 108 cm³/mol. The Morgan fingerprint density at radius 3 is 2.59 bits per heavy atom. The average molecular weight is 375 g/mol. The summed E-state index contributed by atoms with van der Waals surface area (Å²) in [6.45, 7) is 0. The normalized spacial score (nSPS) is 10.7. The van der Waals surface area contributed by atoms with E-state index >= 15 is 0 Å². The van der Waals surface area contributed by atoms with Crippen LogP contribution in [0.1, 0.15) is 21.5 Å². The van der Waals surface area contributed by atoms with Crippen molar-refractivity contribution in [3.63, 3.8) is 0 Å². The molecule has 2 aromatic heterocycles. The third-order valence-corrected chi connectivity index (χ3v) is 5.08. The van der Waals surface area contributed by atoms with Crippen LogP contribution in [0.25, 0.3) is 10.6 Å². The average Bonchev–Trinajstić information content (AvgIpc) is 3.33. The number of carbonyl (C=O) groups excluding carboxylic acids is 1. The van der Waals surface area contributed by atoms with E-state index in [-0.39, 0.29) is 17.4 Å². The molecule has 0 unspecified atom stereocenters. The van der Waals surface area contributed by atoms with Gasteiger partial charge in [0.25, 0.3) is 5.91 Å². The van der Waals surface area contributed by atoms with Crippen LogP contribution in [-0.4, -0.2) is 11.1 Å². The zero-order valence-corrected chi connectivity index (χ0v) is 15.2. The van der Waals surface area contributed by atoms with E-state index in [2.05, 4.69) is 22.6 Å². The third kappa shape index (κ3) is 3.61. The molecule has 1 amide bonds. The summed E-state index contributed by atoms with van der Waals surface area (Å²) >= 11 is 1.47. The number of nitrogens with zero attached hydrogens (tertiary/aromatic N) is 1. The zero-order chi connectivity index (χ0) is 18.6. The number of aromatic nitrogens is 1. The second-order valence-corrected chi connectivity index (χ2v) is 6.97. The van der Waals surface area contributed by atoms with E-state index in [9.17, 15) is 4.79 Å². The van der Waals surface area contributed by atoms with Crippen LogP contribution >= 0.6 is 11.3 Å². The van der Waals surface area contributed by atoms with Gasteiger partial charge < -0.3 is 15.6 Å². The minimum atomic E-state index is -0.335. The van der Waals surface area contributed by atoms with E-state index < -0.39 is 0 Å². The van der Waals surface area contributed by atoms with Crippen molar-refractivity contribution in [2.75, 3.05) is 11.1 Å². The fourth-order valence-corrected chi connectivity index (χ4v) is 3.61. The van der Waals surface area contributed by atoms with Crippen molar-refractivity contribution in [2.45, 2.75) is 6.42 Å². The minimum absolute atomic E-state index is 0.0106. The highest BCUT2D eigenvalue weighted by atomic mass is 32.1. The van der Waals surface area contributed by atoms with E-state index in [4.69, 9.17) is 10.3 Å². The highest BCUT2D eigenvalue weighted by Gasteiger charge is 2.23. The molecule has 0 bridgehead atoms. The molecule has 0 atom stereocenters. The highest BCUT2D eigenvalue weighted by Crippen LogP contribution is 2.31. The Kier molecular flexibility index (Phi) is 4.72. The summed E-state index contributed by atoms with van der Waals surface area (Å²) < 4.78 is 5.08. The molecule has 0 aliphatic carbocycles. The van der Waals surface area contributed by atoms with Crippen molar-refractivity contribution in [3.8, 4) is 10.6 Å². The lowest BCUT2D eigenvalue weighted by atomic mass is 10.0. The minimum Gasteiger partial charge on any atom is -0.367 e. The van der Waals surface area contributed by atoms with Gasteiger partial charge in [0.05, 0.1) is 4.88 Å². The summed E-state index contributed by atoms with van der Waals surface area (Å²) in [6.07, 6.45) is 0.716. The molecule has 0 radical (unpaired) electrons. The van der Waals surface area contributed by atoms with Gasteiger partial charge in [-0.05, 0) is 35.1 Å². The van der Waals surface area contributed by atoms with E-state index in [1.54, 1.807) is 0 Å². The van der Waals surface area contributed by atoms with Crippen LogP contribution in [-0.2, 0) is 6.42 Å². The molecule has 0 saturated carbocycles. The Bertz CT molecular complexity index is 1060. The number of hydrogen-bond donors (Lipinski definition) is 2. The summed E-state index contributed by atoms with van der Waals surface area (Å²) in [7, 11) is 0. The fourth-order valence-electron chi connectivity index (χ4n) is 2.90.